The predicted molar refractivity (Wildman–Crippen MR) is 119 cm³/mol. The minimum Gasteiger partial charge on any atom is -0.357 e. The van der Waals surface area contributed by atoms with E-state index in [4.69, 9.17) is 0 Å². The molecule has 0 atom stereocenters. The van der Waals surface area contributed by atoms with Gasteiger partial charge in [-0.3, -0.25) is 9.79 Å². The number of carbonyl (C=O) groups excluding carboxylic acids is 1. The van der Waals surface area contributed by atoms with E-state index in [2.05, 4.69) is 32.8 Å². The van der Waals surface area contributed by atoms with Gasteiger partial charge in [0.05, 0.1) is 6.54 Å². The van der Waals surface area contributed by atoms with Crippen LogP contribution in [0.3, 0.4) is 0 Å². The number of likely N-dealkylation sites (tertiary alicyclic amines) is 1. The summed E-state index contributed by atoms with van der Waals surface area (Å²) < 4.78 is 0. The van der Waals surface area contributed by atoms with E-state index in [0.29, 0.717) is 19.0 Å². The average molecular weight is 479 g/mol. The van der Waals surface area contributed by atoms with Crippen molar-refractivity contribution in [2.24, 2.45) is 4.99 Å². The predicted octanol–water partition coefficient (Wildman–Crippen LogP) is 2.48. The summed E-state index contributed by atoms with van der Waals surface area (Å²) in [5.41, 5.74) is 0. The molecule has 0 aromatic heterocycles. The number of hydrogen-bond donors (Lipinski definition) is 3. The molecule has 6 nitrogen and oxygen atoms in total. The molecule has 0 radical (unpaired) electrons. The van der Waals surface area contributed by atoms with Gasteiger partial charge in [-0.2, -0.15) is 0 Å². The fraction of sp³-hybridized carbons (Fsp3) is 0.895. The fourth-order valence-electron chi connectivity index (χ4n) is 3.67. The van der Waals surface area contributed by atoms with Crippen LogP contribution in [0, 0.1) is 0 Å². The van der Waals surface area contributed by atoms with Gasteiger partial charge < -0.3 is 20.9 Å². The summed E-state index contributed by atoms with van der Waals surface area (Å²) in [6.45, 7) is 7.79. The van der Waals surface area contributed by atoms with Crippen LogP contribution in [-0.2, 0) is 4.79 Å². The Balaban J connectivity index is 0.00000338. The Kier molecular flexibility index (Phi) is 13.1. The average Bonchev–Trinajstić information content (AvgIpc) is 2.63. The number of hydrogen-bond acceptors (Lipinski definition) is 3. The third-order valence-corrected chi connectivity index (χ3v) is 5.09. The molecule has 1 saturated carbocycles. The van der Waals surface area contributed by atoms with Crippen molar-refractivity contribution in [2.75, 3.05) is 39.3 Å². The van der Waals surface area contributed by atoms with E-state index in [1.54, 1.807) is 0 Å². The lowest BCUT2D eigenvalue weighted by atomic mass is 9.95. The zero-order valence-corrected chi connectivity index (χ0v) is 18.7. The molecule has 0 bridgehead atoms. The van der Waals surface area contributed by atoms with Gasteiger partial charge in [-0.15, -0.1) is 24.0 Å². The molecular weight excluding hydrogens is 441 g/mol. The number of aliphatic imine (C=N–C) groups is 1. The number of nitrogens with one attached hydrogen (secondary N) is 3. The molecule has 1 heterocycles. The van der Waals surface area contributed by atoms with Crippen LogP contribution in [0.5, 0.6) is 0 Å². The molecule has 3 N–H and O–H groups in total. The molecule has 2 fully saturated rings. The lowest BCUT2D eigenvalue weighted by Crippen LogP contribution is -2.41. The summed E-state index contributed by atoms with van der Waals surface area (Å²) in [6.07, 6.45) is 10.6. The fourth-order valence-corrected chi connectivity index (χ4v) is 3.67. The second-order valence-electron chi connectivity index (χ2n) is 7.24. The second-order valence-corrected chi connectivity index (χ2v) is 7.24. The van der Waals surface area contributed by atoms with E-state index in [-0.39, 0.29) is 29.9 Å². The highest BCUT2D eigenvalue weighted by atomic mass is 127. The van der Waals surface area contributed by atoms with Crippen molar-refractivity contribution in [1.82, 2.24) is 20.9 Å². The van der Waals surface area contributed by atoms with Gasteiger partial charge in [-0.25, -0.2) is 0 Å². The van der Waals surface area contributed by atoms with Crippen molar-refractivity contribution in [2.45, 2.75) is 70.8 Å². The molecule has 1 aliphatic carbocycles. The first-order chi connectivity index (χ1) is 12.3. The first-order valence-electron chi connectivity index (χ1n) is 10.3. The van der Waals surface area contributed by atoms with Crippen molar-refractivity contribution in [3.63, 3.8) is 0 Å². The number of guanidine groups is 1. The van der Waals surface area contributed by atoms with Gasteiger partial charge in [-0.1, -0.05) is 25.7 Å². The topological polar surface area (TPSA) is 68.8 Å². The Morgan fingerprint density at radius 2 is 1.73 bits per heavy atom. The second kappa shape index (κ2) is 14.5. The largest absolute Gasteiger partial charge is 0.357 e. The Labute approximate surface area is 176 Å². The highest BCUT2D eigenvalue weighted by Crippen LogP contribution is 2.17. The Hall–Kier alpha value is -0.570. The summed E-state index contributed by atoms with van der Waals surface area (Å²) in [5, 5.41) is 9.72. The van der Waals surface area contributed by atoms with Crippen LogP contribution in [0.25, 0.3) is 0 Å². The SMILES string of the molecule is CCNC(=NCCN1CCCCC1)NCCC(=O)NC1CCCCC1.I. The Morgan fingerprint density at radius 3 is 2.42 bits per heavy atom. The van der Waals surface area contributed by atoms with Crippen LogP contribution in [-0.4, -0.2) is 62.1 Å². The molecule has 2 aliphatic rings. The molecule has 1 saturated heterocycles. The smallest absolute Gasteiger partial charge is 0.221 e. The summed E-state index contributed by atoms with van der Waals surface area (Å²) in [6, 6.07) is 0.396. The van der Waals surface area contributed by atoms with Crippen LogP contribution in [0.2, 0.25) is 0 Å². The maximum absolute atomic E-state index is 12.1. The van der Waals surface area contributed by atoms with Crippen LogP contribution in [0.15, 0.2) is 4.99 Å². The lowest BCUT2D eigenvalue weighted by Gasteiger charge is -2.25. The normalized spacial score (nSPS) is 19.5. The number of nitrogens with zero attached hydrogens (tertiary/aromatic N) is 2. The number of carbonyl (C=O) groups is 1. The highest BCUT2D eigenvalue weighted by Gasteiger charge is 2.15. The molecule has 0 aromatic carbocycles. The van der Waals surface area contributed by atoms with Gasteiger partial charge in [0.25, 0.3) is 0 Å². The third kappa shape index (κ3) is 9.94. The molecule has 0 unspecified atom stereocenters. The molecular formula is C19H38IN5O. The van der Waals surface area contributed by atoms with Crippen molar-refractivity contribution < 1.29 is 4.79 Å². The molecule has 7 heteroatoms. The van der Waals surface area contributed by atoms with Crippen molar-refractivity contribution in [3.05, 3.63) is 0 Å². The van der Waals surface area contributed by atoms with E-state index in [1.807, 2.05) is 0 Å². The van der Waals surface area contributed by atoms with Crippen molar-refractivity contribution in [3.8, 4) is 0 Å². The number of halogens is 1. The summed E-state index contributed by atoms with van der Waals surface area (Å²) in [7, 11) is 0. The van der Waals surface area contributed by atoms with Crippen LogP contribution in [0.4, 0.5) is 0 Å². The lowest BCUT2D eigenvalue weighted by molar-refractivity contribution is -0.121. The van der Waals surface area contributed by atoms with E-state index in [0.717, 1.165) is 38.4 Å². The van der Waals surface area contributed by atoms with Crippen LogP contribution < -0.4 is 16.0 Å². The number of piperidine rings is 1. The molecule has 152 valence electrons. The number of rotatable bonds is 8. The Bertz CT molecular complexity index is 407. The first-order valence-corrected chi connectivity index (χ1v) is 10.3. The van der Waals surface area contributed by atoms with Gasteiger partial charge in [0.1, 0.15) is 0 Å². The van der Waals surface area contributed by atoms with Gasteiger partial charge in [-0.05, 0) is 45.7 Å². The zero-order chi connectivity index (χ0) is 17.7. The van der Waals surface area contributed by atoms with Crippen molar-refractivity contribution >= 4 is 35.8 Å². The molecule has 0 aromatic rings. The van der Waals surface area contributed by atoms with E-state index in [1.165, 1.54) is 51.6 Å². The summed E-state index contributed by atoms with van der Waals surface area (Å²) >= 11 is 0. The van der Waals surface area contributed by atoms with Crippen LogP contribution >= 0.6 is 24.0 Å². The summed E-state index contributed by atoms with van der Waals surface area (Å²) in [5.74, 6) is 0.980. The highest BCUT2D eigenvalue weighted by molar-refractivity contribution is 14.0. The molecule has 26 heavy (non-hydrogen) atoms. The minimum atomic E-state index is 0. The van der Waals surface area contributed by atoms with E-state index >= 15 is 0 Å². The summed E-state index contributed by atoms with van der Waals surface area (Å²) in [4.78, 5) is 19.2. The maximum atomic E-state index is 12.1. The quantitative estimate of drug-likeness (QED) is 0.284. The van der Waals surface area contributed by atoms with Crippen LogP contribution in [0.1, 0.15) is 64.7 Å². The third-order valence-electron chi connectivity index (χ3n) is 5.09. The van der Waals surface area contributed by atoms with Gasteiger partial charge in [0.15, 0.2) is 5.96 Å². The first kappa shape index (κ1) is 23.5. The van der Waals surface area contributed by atoms with Gasteiger partial charge in [0, 0.05) is 32.1 Å². The van der Waals surface area contributed by atoms with Gasteiger partial charge >= 0.3 is 0 Å². The van der Waals surface area contributed by atoms with Crippen molar-refractivity contribution in [1.29, 1.82) is 0 Å². The standard InChI is InChI=1S/C19H37N5O.HI/c1-2-20-19(22-13-16-24-14-7-4-8-15-24)21-12-11-18(25)23-17-9-5-3-6-10-17;/h17H,2-16H2,1H3,(H,23,25)(H2,20,21,22);1H. The molecule has 2 rings (SSSR count). The molecule has 1 aliphatic heterocycles. The molecule has 1 amide bonds. The Morgan fingerprint density at radius 1 is 1.04 bits per heavy atom. The zero-order valence-electron chi connectivity index (χ0n) is 16.4. The minimum absolute atomic E-state index is 0. The maximum Gasteiger partial charge on any atom is 0.221 e. The molecule has 0 spiro atoms. The monoisotopic (exact) mass is 479 g/mol. The van der Waals surface area contributed by atoms with E-state index < -0.39 is 0 Å². The van der Waals surface area contributed by atoms with E-state index in [9.17, 15) is 4.79 Å². The van der Waals surface area contributed by atoms with Gasteiger partial charge in [0.2, 0.25) is 5.91 Å². The number of amides is 1.